The summed E-state index contributed by atoms with van der Waals surface area (Å²) in [6.45, 7) is -1.94. The van der Waals surface area contributed by atoms with Gasteiger partial charge < -0.3 is 84.9 Å². The normalized spacial score (nSPS) is 15.8. The van der Waals surface area contributed by atoms with Crippen molar-refractivity contribution in [3.8, 4) is 56.8 Å². The van der Waals surface area contributed by atoms with Gasteiger partial charge in [-0.15, -0.1) is 12.4 Å². The van der Waals surface area contributed by atoms with Gasteiger partial charge in [0.2, 0.25) is 0 Å². The van der Waals surface area contributed by atoms with Crippen molar-refractivity contribution < 1.29 is 113 Å². The Morgan fingerprint density at radius 3 is 1.09 bits per heavy atom. The third-order valence-corrected chi connectivity index (χ3v) is 24.4. The van der Waals surface area contributed by atoms with E-state index in [0.29, 0.717) is 102 Å². The van der Waals surface area contributed by atoms with E-state index in [4.69, 9.17) is 36.3 Å². The van der Waals surface area contributed by atoms with Gasteiger partial charge in [0.1, 0.15) is 63.7 Å². The molecular formula is C100H88BrCl2F16N19O11. The Morgan fingerprint density at radius 1 is 0.416 bits per heavy atom. The highest BCUT2D eigenvalue weighted by Crippen LogP contribution is 2.43. The van der Waals surface area contributed by atoms with Crippen LogP contribution in [0.5, 0.6) is 23.0 Å². The predicted molar refractivity (Wildman–Crippen MR) is 524 cm³/mol. The van der Waals surface area contributed by atoms with Gasteiger partial charge in [-0.2, -0.15) is 0 Å². The van der Waals surface area contributed by atoms with Crippen LogP contribution in [0.4, 0.5) is 110 Å². The standard InChI is InChI=1S/C31H26F4N4O3.C22H17ClF2N2O3.C22H16F4N4O.C8H7F2N3O2.C8H9F2N3.C5H3BrN2O2.C3H5F2N.CH4.ClH/c1-41-22-9-6-18(27(12-22)42-2)14-38-15-26-28(30(38)40)19(11-25(37-26)29-23(32)4-3-5-24(29)33)10-20-7-8-21(13-36-20)39-16-31(34,35)17-39;1-29-13-7-6-12(19(8-13)30-2)10-27-11-18-20(22(27)28)14(23)9-17(26-18)21-15(24)4-3-5-16(21)25;23-15-2-1-3-16(24)20(15)17-7-12(19-18(29-17)9-28-21(19)31)6-13-4-5-14(8-27-13)30-10-22(25,26)11-30;9-8(10)4-12(5-8)6-1-2-7(11-3-6)13(14)15;9-8(10)4-13(5-8)6-1-2-7(11)12-3-6;6-4-1-2-5(7-3-4)8(9)10;4-3(5)1-6-2-3;;/h3-9,11-13H,10,14-17H2,1-2H3;3-9H,10-11H2,1-2H3;1-5,7-8H,6,9-11H2,(H,28,31);1-3H,4-5H2;1-3H,4-5H2,(H2,11,12);1-3H;6H,1-2H2;1H4;1H. The third-order valence-electron chi connectivity index (χ3n) is 23.6. The molecule has 782 valence electrons. The van der Waals surface area contributed by atoms with E-state index in [1.54, 1.807) is 95.6 Å². The number of methoxy groups -OCH3 is 4. The van der Waals surface area contributed by atoms with Crippen LogP contribution in [-0.2, 0) is 45.6 Å². The number of nitrogens with one attached hydrogen (secondary N) is 2. The number of nitrogens with zero attached hydrogens (tertiary/aromatic N) is 16. The lowest BCUT2D eigenvalue weighted by atomic mass is 9.98. The maximum absolute atomic E-state index is 14.8. The van der Waals surface area contributed by atoms with E-state index < -0.39 is 74.4 Å². The number of amides is 3. The molecular weight excluding hydrogens is 2100 g/mol. The number of halogens is 19. The van der Waals surface area contributed by atoms with Crippen molar-refractivity contribution in [1.29, 1.82) is 0 Å². The molecule has 149 heavy (non-hydrogen) atoms. The Morgan fingerprint density at radius 2 is 0.765 bits per heavy atom. The zero-order valence-electron chi connectivity index (χ0n) is 78.0. The molecule has 8 aliphatic rings. The van der Waals surface area contributed by atoms with Crippen LogP contribution in [-0.4, -0.2) is 201 Å². The number of aromatic nitrogens is 8. The fourth-order valence-corrected chi connectivity index (χ4v) is 16.8. The van der Waals surface area contributed by atoms with Crippen molar-refractivity contribution in [2.24, 2.45) is 0 Å². The van der Waals surface area contributed by atoms with Crippen LogP contribution in [0.1, 0.15) is 89.2 Å². The fraction of sp³-hybridized carbons (Fsp3) is 0.270. The van der Waals surface area contributed by atoms with Gasteiger partial charge >= 0.3 is 11.6 Å². The van der Waals surface area contributed by atoms with Gasteiger partial charge in [-0.3, -0.25) is 24.4 Å². The van der Waals surface area contributed by atoms with E-state index >= 15 is 0 Å². The van der Waals surface area contributed by atoms with Crippen molar-refractivity contribution in [2.75, 3.05) is 119 Å². The monoisotopic (exact) mass is 2180 g/mol. The van der Waals surface area contributed by atoms with E-state index in [1.807, 2.05) is 12.1 Å². The van der Waals surface area contributed by atoms with E-state index in [2.05, 4.69) is 66.4 Å². The number of ether oxygens (including phenoxy) is 4. The highest BCUT2D eigenvalue weighted by molar-refractivity contribution is 9.10. The number of fused-ring (bicyclic) bond motifs is 3. The molecule has 0 bridgehead atoms. The Kier molecular flexibility index (Phi) is 34.5. The van der Waals surface area contributed by atoms with Gasteiger partial charge in [-0.25, -0.2) is 90.2 Å². The predicted octanol–water partition coefficient (Wildman–Crippen LogP) is 19.8. The van der Waals surface area contributed by atoms with E-state index in [1.165, 1.54) is 115 Å². The minimum atomic E-state index is -2.71. The Balaban J connectivity index is 0.000000155. The third kappa shape index (κ3) is 26.6. The Labute approximate surface area is 858 Å². The Bertz CT molecular complexity index is 7030. The molecule has 0 radical (unpaired) electrons. The zero-order chi connectivity index (χ0) is 105. The van der Waals surface area contributed by atoms with Gasteiger partial charge in [0, 0.05) is 59.6 Å². The maximum atomic E-state index is 14.8. The minimum absolute atomic E-state index is 0. The minimum Gasteiger partial charge on any atom is -0.497 e. The van der Waals surface area contributed by atoms with Crippen molar-refractivity contribution in [2.45, 2.75) is 82.6 Å². The summed E-state index contributed by atoms with van der Waals surface area (Å²) in [5, 5.41) is 25.6. The molecule has 0 unspecified atom stereocenters. The topological polar surface area (TPSA) is 347 Å². The average Bonchev–Trinajstić information content (AvgIpc) is 1.77. The molecule has 13 aromatic rings. The number of benzene rings is 5. The lowest BCUT2D eigenvalue weighted by Crippen LogP contribution is -2.56. The summed E-state index contributed by atoms with van der Waals surface area (Å²) in [7, 11) is 6.16. The van der Waals surface area contributed by atoms with Crippen LogP contribution in [0, 0.1) is 55.1 Å². The molecule has 0 saturated carbocycles. The van der Waals surface area contributed by atoms with Gasteiger partial charge in [-0.1, -0.05) is 37.2 Å². The van der Waals surface area contributed by atoms with E-state index in [-0.39, 0.29) is 205 Å². The summed E-state index contributed by atoms with van der Waals surface area (Å²) >= 11 is 9.43. The number of nitro groups is 2. The highest BCUT2D eigenvalue weighted by Gasteiger charge is 2.48. The van der Waals surface area contributed by atoms with Crippen molar-refractivity contribution in [3.05, 3.63) is 333 Å². The molecule has 3 amide bonds. The molecule has 30 nitrogen and oxygen atoms in total. The lowest BCUT2D eigenvalue weighted by molar-refractivity contribution is -0.389. The number of nitrogens with two attached hydrogens (primary N) is 1. The van der Waals surface area contributed by atoms with Crippen molar-refractivity contribution in [3.63, 3.8) is 0 Å². The molecule has 8 aliphatic heterocycles. The van der Waals surface area contributed by atoms with Crippen LogP contribution in [0.15, 0.2) is 205 Å². The summed E-state index contributed by atoms with van der Waals surface area (Å²) in [6.07, 6.45) is 7.51. The van der Waals surface area contributed by atoms with Crippen LogP contribution < -0.4 is 54.9 Å². The molecule has 49 heteroatoms. The molecule has 5 saturated heterocycles. The van der Waals surface area contributed by atoms with Gasteiger partial charge in [0.25, 0.3) is 47.3 Å². The molecule has 5 fully saturated rings. The van der Waals surface area contributed by atoms with Crippen LogP contribution in [0.2, 0.25) is 5.02 Å². The smallest absolute Gasteiger partial charge is 0.363 e. The molecule has 4 N–H and O–H groups in total. The SMILES string of the molecule is C.COc1ccc(CN2Cc3nc(-c4c(F)cccc4F)cc(Cc4ccc(N5CC(F)(F)C5)cn4)c3C2=O)c(OC)c1.COc1ccc(CN2Cc3nc(-c4c(F)cccc4F)cc(Cl)c3C2=O)c(OC)c1.Cl.FC1(F)CNC1.Nc1ccc(N2CC(F)(F)C2)cn1.O=C1NCc2nc(-c3c(F)cccc3F)cc(Cc3ccc(N4CC(F)(F)C4)cn3)c21.O=[N+]([O-])c1ccc(Br)cn1.O=[N+]([O-])c1ccc(N2CC(F)(F)C2)cn1. The zero-order valence-corrected chi connectivity index (χ0v) is 81.2. The van der Waals surface area contributed by atoms with Crippen LogP contribution >= 0.6 is 39.9 Å². The number of carbonyl (C=O) groups is 3. The highest BCUT2D eigenvalue weighted by atomic mass is 79.9. The van der Waals surface area contributed by atoms with Gasteiger partial charge in [-0.05, 0) is 174 Å². The fourth-order valence-electron chi connectivity index (χ4n) is 16.2. The summed E-state index contributed by atoms with van der Waals surface area (Å²) in [5.41, 5.74) is 12.9. The number of rotatable bonds is 21. The lowest BCUT2D eigenvalue weighted by Gasteiger charge is -2.40. The Hall–Kier alpha value is -15.4. The number of pyridine rings is 8. The second-order valence-electron chi connectivity index (χ2n) is 34.3. The summed E-state index contributed by atoms with van der Waals surface area (Å²) < 4.78 is 234. The van der Waals surface area contributed by atoms with E-state index in [0.717, 1.165) is 52.0 Å². The van der Waals surface area contributed by atoms with Gasteiger partial charge in [0.05, 0.1) is 245 Å². The molecule has 0 aliphatic carbocycles. The second-order valence-corrected chi connectivity index (χ2v) is 35.6. The first-order chi connectivity index (χ1) is 69.8. The second kappa shape index (κ2) is 46.4. The van der Waals surface area contributed by atoms with Crippen LogP contribution in [0.3, 0.4) is 0 Å². The maximum Gasteiger partial charge on any atom is 0.363 e. The quantitative estimate of drug-likeness (QED) is 0.0342. The molecule has 0 atom stereocenters. The molecule has 5 aromatic carbocycles. The first-order valence-corrected chi connectivity index (χ1v) is 45.5. The van der Waals surface area contributed by atoms with Crippen molar-refractivity contribution in [1.82, 2.24) is 60.3 Å². The molecule has 8 aromatic heterocycles. The molecule has 21 rings (SSSR count). The summed E-state index contributed by atoms with van der Waals surface area (Å²) in [4.78, 5) is 100. The average molecular weight is 2190 g/mol. The molecule has 0 spiro atoms. The molecule has 16 heterocycles. The van der Waals surface area contributed by atoms with E-state index in [9.17, 15) is 105 Å². The first-order valence-electron chi connectivity index (χ1n) is 44.3. The largest absolute Gasteiger partial charge is 0.497 e. The number of anilines is 5. The summed E-state index contributed by atoms with van der Waals surface area (Å²) in [5.74, 6) is -16.1. The van der Waals surface area contributed by atoms with Gasteiger partial charge in [0.15, 0.2) is 12.4 Å². The first kappa shape index (κ1) is 111. The summed E-state index contributed by atoms with van der Waals surface area (Å²) in [6, 6.07) is 41.3. The number of alkyl halides is 10. The number of nitrogen functional groups attached to an aromatic ring is 1. The number of carbonyl (C=O) groups excluding carboxylic acids is 3. The van der Waals surface area contributed by atoms with Crippen LogP contribution in [0.25, 0.3) is 33.8 Å². The number of hydrogen-bond acceptors (Lipinski definition) is 25. The number of hydrogen-bond donors (Lipinski definition) is 3. The van der Waals surface area contributed by atoms with Crippen molar-refractivity contribution >= 4 is 97.9 Å².